The van der Waals surface area contributed by atoms with Crippen LogP contribution in [0.15, 0.2) is 194 Å². The summed E-state index contributed by atoms with van der Waals surface area (Å²) in [5.74, 6) is 0. The summed E-state index contributed by atoms with van der Waals surface area (Å²) in [6.07, 6.45) is 3.47. The molecule has 322 valence electrons. The van der Waals surface area contributed by atoms with E-state index in [2.05, 4.69) is 250 Å². The topological polar surface area (TPSA) is 9.72 Å². The van der Waals surface area contributed by atoms with Crippen LogP contribution in [-0.4, -0.2) is 6.85 Å². The first-order valence-electron chi connectivity index (χ1n) is 23.8. The molecule has 4 heteroatoms. The molecule has 0 aromatic heterocycles. The first-order chi connectivity index (χ1) is 32.2. The molecule has 0 fully saturated rings. The normalized spacial score (nSPS) is 12.8. The lowest BCUT2D eigenvalue weighted by Gasteiger charge is -2.46. The van der Waals surface area contributed by atoms with E-state index in [0.29, 0.717) is 0 Å². The van der Waals surface area contributed by atoms with Gasteiger partial charge in [0.05, 0.1) is 0 Å². The van der Waals surface area contributed by atoms with Crippen molar-refractivity contribution in [2.24, 2.45) is 0 Å². The summed E-state index contributed by atoms with van der Waals surface area (Å²) in [4.78, 5) is 7.65. The molecule has 3 nitrogen and oxygen atoms in total. The second-order valence-electron chi connectivity index (χ2n) is 19.4. The van der Waals surface area contributed by atoms with Crippen molar-refractivity contribution in [3.05, 3.63) is 216 Å². The maximum Gasteiger partial charge on any atom is 0.333 e. The molecule has 2 aliphatic rings. The van der Waals surface area contributed by atoms with Gasteiger partial charge in [-0.05, 0) is 172 Å². The SMILES string of the molecule is CCCCc1ccc(N(c2ccccc2)c2ccc3c(c2)B2c4c(cc(C)cc4N3c3ccc(-c4ccccc4)cc3C)-c3c(ccc4ccccc34)N2c2ccc(C(C)(C)C)cc2)cc1. The Labute approximate surface area is 391 Å². The van der Waals surface area contributed by atoms with E-state index < -0.39 is 0 Å². The molecule has 2 aliphatic heterocycles. The van der Waals surface area contributed by atoms with Crippen LogP contribution in [0.5, 0.6) is 0 Å². The van der Waals surface area contributed by atoms with Crippen molar-refractivity contribution < 1.29 is 0 Å². The Morgan fingerprint density at radius 2 is 1.21 bits per heavy atom. The molecule has 0 N–H and O–H groups in total. The fourth-order valence-corrected chi connectivity index (χ4v) is 10.6. The van der Waals surface area contributed by atoms with E-state index in [1.807, 2.05) is 0 Å². The summed E-state index contributed by atoms with van der Waals surface area (Å²) in [5.41, 5.74) is 22.2. The molecule has 0 bridgehead atoms. The van der Waals surface area contributed by atoms with E-state index in [-0.39, 0.29) is 12.3 Å². The quantitative estimate of drug-likeness (QED) is 0.134. The molecular weight excluding hydrogens is 798 g/mol. The second kappa shape index (κ2) is 16.6. The standard InChI is InChI=1S/C62H56BN3/c1-7-8-17-44-24-30-50(31-25-44)64(49-21-13-10-14-22-49)52-34-37-57-55(41-52)63-61-54(38-42(2)39-59(61)65(57)56-35-27-47(40-43(56)3)45-18-11-9-12-19-45)60-53-23-16-15-20-46(53)26-36-58(60)66(63)51-32-28-48(29-33-51)62(4,5)6/h9-16,18-41H,7-8,17H2,1-6H3. The lowest BCUT2D eigenvalue weighted by atomic mass is 9.43. The van der Waals surface area contributed by atoms with Gasteiger partial charge >= 0.3 is 6.85 Å². The maximum atomic E-state index is 2.65. The number of para-hydroxylation sites is 1. The van der Waals surface area contributed by atoms with E-state index in [4.69, 9.17) is 0 Å². The molecule has 11 rings (SSSR count). The first-order valence-corrected chi connectivity index (χ1v) is 23.8. The zero-order chi connectivity index (χ0) is 45.1. The average molecular weight is 854 g/mol. The number of rotatable bonds is 9. The van der Waals surface area contributed by atoms with Gasteiger partial charge in [-0.1, -0.05) is 149 Å². The van der Waals surface area contributed by atoms with Gasteiger partial charge in [-0.15, -0.1) is 0 Å². The molecule has 66 heavy (non-hydrogen) atoms. The van der Waals surface area contributed by atoms with Crippen molar-refractivity contribution in [2.45, 2.75) is 66.2 Å². The summed E-state index contributed by atoms with van der Waals surface area (Å²) in [6.45, 7) is 13.6. The Morgan fingerprint density at radius 1 is 0.545 bits per heavy atom. The van der Waals surface area contributed by atoms with Crippen molar-refractivity contribution >= 4 is 74.0 Å². The lowest BCUT2D eigenvalue weighted by Crippen LogP contribution is -2.61. The minimum atomic E-state index is -0.131. The molecule has 9 aromatic rings. The van der Waals surface area contributed by atoms with E-state index >= 15 is 0 Å². The van der Waals surface area contributed by atoms with E-state index in [9.17, 15) is 0 Å². The lowest BCUT2D eigenvalue weighted by molar-refractivity contribution is 0.590. The van der Waals surface area contributed by atoms with E-state index in [1.165, 1.54) is 107 Å². The van der Waals surface area contributed by atoms with Crippen molar-refractivity contribution in [1.29, 1.82) is 0 Å². The van der Waals surface area contributed by atoms with E-state index in [0.717, 1.165) is 23.5 Å². The molecule has 0 saturated heterocycles. The summed E-state index contributed by atoms with van der Waals surface area (Å²) in [7, 11) is 0. The molecule has 0 radical (unpaired) electrons. The zero-order valence-corrected chi connectivity index (χ0v) is 39.0. The predicted molar refractivity (Wildman–Crippen MR) is 285 cm³/mol. The highest BCUT2D eigenvalue weighted by Crippen LogP contribution is 2.50. The third kappa shape index (κ3) is 7.17. The van der Waals surface area contributed by atoms with Crippen molar-refractivity contribution in [3.63, 3.8) is 0 Å². The first kappa shape index (κ1) is 41.4. The van der Waals surface area contributed by atoms with Gasteiger partial charge in [0.25, 0.3) is 0 Å². The van der Waals surface area contributed by atoms with Crippen LogP contribution < -0.4 is 25.5 Å². The molecule has 0 atom stereocenters. The monoisotopic (exact) mass is 853 g/mol. The highest BCUT2D eigenvalue weighted by molar-refractivity contribution is 6.93. The summed E-state index contributed by atoms with van der Waals surface area (Å²) < 4.78 is 0. The average Bonchev–Trinajstić information content (AvgIpc) is 3.34. The second-order valence-corrected chi connectivity index (χ2v) is 19.4. The molecule has 0 amide bonds. The van der Waals surface area contributed by atoms with Crippen molar-refractivity contribution in [1.82, 2.24) is 0 Å². The molecule has 9 aromatic carbocycles. The van der Waals surface area contributed by atoms with Gasteiger partial charge in [-0.2, -0.15) is 0 Å². The third-order valence-electron chi connectivity index (χ3n) is 13.9. The van der Waals surface area contributed by atoms with E-state index in [1.54, 1.807) is 0 Å². The number of aryl methyl sites for hydroxylation is 3. The van der Waals surface area contributed by atoms with Gasteiger partial charge in [0.1, 0.15) is 0 Å². The Morgan fingerprint density at radius 3 is 1.94 bits per heavy atom. The molecule has 0 aliphatic carbocycles. The minimum Gasteiger partial charge on any atom is -0.376 e. The van der Waals surface area contributed by atoms with Crippen LogP contribution in [0.3, 0.4) is 0 Å². The minimum absolute atomic E-state index is 0.0295. The number of nitrogens with zero attached hydrogens (tertiary/aromatic N) is 3. The van der Waals surface area contributed by atoms with Crippen LogP contribution in [0.4, 0.5) is 45.5 Å². The molecular formula is C62H56BN3. The van der Waals surface area contributed by atoms with Crippen LogP contribution in [0, 0.1) is 13.8 Å². The van der Waals surface area contributed by atoms with Crippen LogP contribution in [0.2, 0.25) is 0 Å². The van der Waals surface area contributed by atoms with Gasteiger partial charge in [0, 0.05) is 51.1 Å². The van der Waals surface area contributed by atoms with Gasteiger partial charge < -0.3 is 14.6 Å². The van der Waals surface area contributed by atoms with Gasteiger partial charge in [-0.3, -0.25) is 0 Å². The number of fused-ring (bicyclic) bond motifs is 6. The summed E-state index contributed by atoms with van der Waals surface area (Å²) in [6, 6.07) is 73.0. The Hall–Kier alpha value is -7.30. The van der Waals surface area contributed by atoms with Crippen molar-refractivity contribution in [3.8, 4) is 22.3 Å². The maximum absolute atomic E-state index is 2.65. The van der Waals surface area contributed by atoms with Gasteiger partial charge in [0.2, 0.25) is 0 Å². The molecule has 2 heterocycles. The molecule has 0 saturated carbocycles. The number of anilines is 8. The highest BCUT2D eigenvalue weighted by Gasteiger charge is 2.46. The van der Waals surface area contributed by atoms with Crippen LogP contribution in [0.25, 0.3) is 33.0 Å². The number of hydrogen-bond donors (Lipinski definition) is 0. The van der Waals surface area contributed by atoms with Gasteiger partial charge in [0.15, 0.2) is 0 Å². The Balaban J connectivity index is 1.20. The summed E-state index contributed by atoms with van der Waals surface area (Å²) >= 11 is 0. The fourth-order valence-electron chi connectivity index (χ4n) is 10.6. The third-order valence-corrected chi connectivity index (χ3v) is 13.9. The zero-order valence-electron chi connectivity index (χ0n) is 39.0. The number of hydrogen-bond acceptors (Lipinski definition) is 3. The highest BCUT2D eigenvalue weighted by atomic mass is 15.2. The largest absolute Gasteiger partial charge is 0.376 e. The van der Waals surface area contributed by atoms with Crippen LogP contribution in [0.1, 0.15) is 62.8 Å². The predicted octanol–water partition coefficient (Wildman–Crippen LogP) is 15.9. The number of benzene rings is 9. The Kier molecular flexibility index (Phi) is 10.4. The Bertz CT molecular complexity index is 3240. The molecule has 0 unspecified atom stereocenters. The fraction of sp³-hybridized carbons (Fsp3) is 0.161. The smallest absolute Gasteiger partial charge is 0.333 e. The summed E-state index contributed by atoms with van der Waals surface area (Å²) in [5, 5.41) is 2.51. The van der Waals surface area contributed by atoms with Gasteiger partial charge in [-0.25, -0.2) is 0 Å². The molecule has 0 spiro atoms. The number of unbranched alkanes of at least 4 members (excludes halogenated alkanes) is 1. The van der Waals surface area contributed by atoms with Crippen molar-refractivity contribution in [2.75, 3.05) is 14.6 Å². The van der Waals surface area contributed by atoms with Crippen LogP contribution >= 0.6 is 0 Å². The van der Waals surface area contributed by atoms with Crippen LogP contribution in [-0.2, 0) is 11.8 Å².